The van der Waals surface area contributed by atoms with E-state index < -0.39 is 4.92 Å². The number of hydrogen-bond donors (Lipinski definition) is 1. The van der Waals surface area contributed by atoms with Gasteiger partial charge in [0.2, 0.25) is 6.79 Å². The van der Waals surface area contributed by atoms with Crippen LogP contribution in [0.25, 0.3) is 16.9 Å². The Balaban J connectivity index is 1.66. The van der Waals surface area contributed by atoms with Crippen LogP contribution in [0.1, 0.15) is 5.56 Å². The first-order valence-electron chi connectivity index (χ1n) is 9.51. The summed E-state index contributed by atoms with van der Waals surface area (Å²) >= 11 is 0. The molecule has 0 unspecified atom stereocenters. The van der Waals surface area contributed by atoms with Crippen LogP contribution in [0.5, 0.6) is 23.0 Å². The lowest BCUT2D eigenvalue weighted by Crippen LogP contribution is -1.95. The molecule has 160 valence electrons. The Morgan fingerprint density at radius 2 is 2.03 bits per heavy atom. The van der Waals surface area contributed by atoms with E-state index in [0.717, 1.165) is 0 Å². The number of imidazole rings is 1. The van der Waals surface area contributed by atoms with E-state index >= 15 is 0 Å². The van der Waals surface area contributed by atoms with E-state index in [0.29, 0.717) is 40.0 Å². The molecule has 0 spiro atoms. The molecule has 2 aromatic heterocycles. The van der Waals surface area contributed by atoms with Crippen molar-refractivity contribution in [3.63, 3.8) is 0 Å². The molecule has 3 heterocycles. The second kappa shape index (κ2) is 7.58. The summed E-state index contributed by atoms with van der Waals surface area (Å²) in [5.41, 5.74) is 1.94. The molecule has 0 saturated heterocycles. The van der Waals surface area contributed by atoms with Crippen LogP contribution in [0.3, 0.4) is 0 Å². The molecule has 0 bridgehead atoms. The van der Waals surface area contributed by atoms with Gasteiger partial charge in [0, 0.05) is 18.0 Å². The van der Waals surface area contributed by atoms with Gasteiger partial charge in [0.05, 0.1) is 23.7 Å². The molecule has 0 fully saturated rings. The van der Waals surface area contributed by atoms with Crippen molar-refractivity contribution in [1.29, 1.82) is 0 Å². The fourth-order valence-electron chi connectivity index (χ4n) is 3.46. The average molecular weight is 432 g/mol. The van der Waals surface area contributed by atoms with Crippen molar-refractivity contribution in [2.45, 2.75) is 0 Å². The number of fused-ring (bicyclic) bond motifs is 2. The second-order valence-corrected chi connectivity index (χ2v) is 6.88. The quantitative estimate of drug-likeness (QED) is 0.286. The van der Waals surface area contributed by atoms with E-state index in [1.54, 1.807) is 22.7 Å². The van der Waals surface area contributed by atoms with Gasteiger partial charge in [-0.25, -0.2) is 9.98 Å². The van der Waals surface area contributed by atoms with Crippen molar-refractivity contribution >= 4 is 23.4 Å². The number of benzene rings is 2. The van der Waals surface area contributed by atoms with E-state index in [-0.39, 0.29) is 23.8 Å². The Bertz CT molecular complexity index is 1390. The lowest BCUT2D eigenvalue weighted by molar-refractivity contribution is -0.385. The number of ether oxygens (including phenoxy) is 3. The first kappa shape index (κ1) is 19.4. The van der Waals surface area contributed by atoms with Gasteiger partial charge in [-0.2, -0.15) is 0 Å². The summed E-state index contributed by atoms with van der Waals surface area (Å²) in [7, 11) is 1.46. The third-order valence-corrected chi connectivity index (χ3v) is 5.00. The predicted octanol–water partition coefficient (Wildman–Crippen LogP) is 4.10. The molecule has 0 saturated carbocycles. The first-order chi connectivity index (χ1) is 15.5. The van der Waals surface area contributed by atoms with E-state index in [2.05, 4.69) is 9.98 Å². The van der Waals surface area contributed by atoms with Crippen molar-refractivity contribution in [3.8, 4) is 34.3 Å². The van der Waals surface area contributed by atoms with Crippen molar-refractivity contribution in [1.82, 2.24) is 9.38 Å². The van der Waals surface area contributed by atoms with E-state index in [4.69, 9.17) is 14.2 Å². The largest absolute Gasteiger partial charge is 0.504 e. The summed E-state index contributed by atoms with van der Waals surface area (Å²) < 4.78 is 17.6. The number of nitro benzene ring substituents is 1. The molecule has 1 aliphatic rings. The van der Waals surface area contributed by atoms with Gasteiger partial charge in [-0.3, -0.25) is 14.5 Å². The summed E-state index contributed by atoms with van der Waals surface area (Å²) in [6.45, 7) is 0.00712. The maximum atomic E-state index is 11.6. The zero-order chi connectivity index (χ0) is 22.2. The van der Waals surface area contributed by atoms with Crippen LogP contribution in [-0.4, -0.2) is 39.5 Å². The monoisotopic (exact) mass is 432 g/mol. The van der Waals surface area contributed by atoms with Gasteiger partial charge in [0.15, 0.2) is 28.8 Å². The number of nitrogens with zero attached hydrogens (tertiary/aromatic N) is 4. The third kappa shape index (κ3) is 3.23. The van der Waals surface area contributed by atoms with Crippen LogP contribution in [-0.2, 0) is 0 Å². The van der Waals surface area contributed by atoms with Crippen LogP contribution in [0.4, 0.5) is 11.5 Å². The fraction of sp³-hybridized carbons (Fsp3) is 0.0909. The number of pyridine rings is 1. The van der Waals surface area contributed by atoms with Gasteiger partial charge in [-0.1, -0.05) is 6.07 Å². The molecule has 0 aliphatic carbocycles. The number of aliphatic imine (C=N–C) groups is 1. The number of phenols is 1. The fourth-order valence-corrected chi connectivity index (χ4v) is 3.46. The SMILES string of the molecule is COc1cc(-c2nc3ccccn3c2/N=C/c2cc3c(cc2[N+](=O)[O-])OCO3)ccc1O. The molecule has 10 nitrogen and oxygen atoms in total. The summed E-state index contributed by atoms with van der Waals surface area (Å²) in [6, 6.07) is 13.2. The molecule has 0 atom stereocenters. The van der Waals surface area contributed by atoms with Crippen molar-refractivity contribution < 1.29 is 24.2 Å². The molecule has 10 heteroatoms. The van der Waals surface area contributed by atoms with Gasteiger partial charge in [0.25, 0.3) is 5.69 Å². The summed E-state index contributed by atoms with van der Waals surface area (Å²) in [6.07, 6.45) is 3.20. The predicted molar refractivity (Wildman–Crippen MR) is 115 cm³/mol. The average Bonchev–Trinajstić information content (AvgIpc) is 3.41. The number of methoxy groups -OCH3 is 1. The number of nitro groups is 1. The van der Waals surface area contributed by atoms with Crippen LogP contribution in [0.15, 0.2) is 59.7 Å². The van der Waals surface area contributed by atoms with Crippen LogP contribution in [0.2, 0.25) is 0 Å². The Morgan fingerprint density at radius 1 is 1.22 bits per heavy atom. The summed E-state index contributed by atoms with van der Waals surface area (Å²) in [4.78, 5) is 20.3. The molecule has 1 aliphatic heterocycles. The lowest BCUT2D eigenvalue weighted by atomic mass is 10.1. The summed E-state index contributed by atoms with van der Waals surface area (Å²) in [5, 5.41) is 21.5. The minimum atomic E-state index is -0.496. The Morgan fingerprint density at radius 3 is 2.81 bits per heavy atom. The molecule has 0 radical (unpaired) electrons. The molecule has 32 heavy (non-hydrogen) atoms. The standard InChI is InChI=1S/C22H16N4O6/c1-30-17-8-13(5-6-16(17)27)21-22(25-7-3-2-4-20(25)24-21)23-11-14-9-18-19(32-12-31-18)10-15(14)26(28)29/h2-11,27H,12H2,1H3/b23-11+. The lowest BCUT2D eigenvalue weighted by Gasteiger charge is -2.06. The number of phenolic OH excluding ortho intramolecular Hbond substituents is 1. The third-order valence-electron chi connectivity index (χ3n) is 5.00. The topological polar surface area (TPSA) is 121 Å². The molecule has 1 N–H and O–H groups in total. The molecule has 4 aromatic rings. The Kier molecular flexibility index (Phi) is 4.59. The van der Waals surface area contributed by atoms with Gasteiger partial charge in [-0.15, -0.1) is 0 Å². The molecular weight excluding hydrogens is 416 g/mol. The zero-order valence-corrected chi connectivity index (χ0v) is 16.8. The maximum Gasteiger partial charge on any atom is 0.282 e. The molecular formula is C22H16N4O6. The van der Waals surface area contributed by atoms with Crippen molar-refractivity contribution in [2.75, 3.05) is 13.9 Å². The first-order valence-corrected chi connectivity index (χ1v) is 9.51. The summed E-state index contributed by atoms with van der Waals surface area (Å²) in [5.74, 6) is 1.49. The highest BCUT2D eigenvalue weighted by Crippen LogP contribution is 2.39. The normalized spacial score (nSPS) is 12.5. The number of rotatable bonds is 5. The highest BCUT2D eigenvalue weighted by molar-refractivity contribution is 5.90. The van der Waals surface area contributed by atoms with Crippen molar-refractivity contribution in [3.05, 3.63) is 70.4 Å². The highest BCUT2D eigenvalue weighted by Gasteiger charge is 2.23. The molecule has 5 rings (SSSR count). The number of aromatic hydroxyl groups is 1. The maximum absolute atomic E-state index is 11.6. The Labute approximate surface area is 181 Å². The molecule has 2 aromatic carbocycles. The van der Waals surface area contributed by atoms with Gasteiger partial charge in [0.1, 0.15) is 11.3 Å². The van der Waals surface area contributed by atoms with E-state index in [9.17, 15) is 15.2 Å². The van der Waals surface area contributed by atoms with Gasteiger partial charge < -0.3 is 19.3 Å². The second-order valence-electron chi connectivity index (χ2n) is 6.88. The van der Waals surface area contributed by atoms with Crippen LogP contribution < -0.4 is 14.2 Å². The van der Waals surface area contributed by atoms with Gasteiger partial charge >= 0.3 is 0 Å². The highest BCUT2D eigenvalue weighted by atomic mass is 16.7. The minimum Gasteiger partial charge on any atom is -0.504 e. The molecule has 0 amide bonds. The number of aromatic nitrogens is 2. The van der Waals surface area contributed by atoms with E-state index in [1.807, 2.05) is 18.2 Å². The van der Waals surface area contributed by atoms with Crippen LogP contribution >= 0.6 is 0 Å². The van der Waals surface area contributed by atoms with Gasteiger partial charge in [-0.05, 0) is 36.4 Å². The minimum absolute atomic E-state index is 0.000972. The smallest absolute Gasteiger partial charge is 0.282 e. The van der Waals surface area contributed by atoms with Crippen LogP contribution in [0, 0.1) is 10.1 Å². The number of hydrogen-bond acceptors (Lipinski definition) is 8. The Hall–Kier alpha value is -4.60. The van der Waals surface area contributed by atoms with Crippen molar-refractivity contribution in [2.24, 2.45) is 4.99 Å². The zero-order valence-electron chi connectivity index (χ0n) is 16.8. The van der Waals surface area contributed by atoms with E-state index in [1.165, 1.54) is 31.5 Å².